The van der Waals surface area contributed by atoms with E-state index in [9.17, 15) is 14.4 Å². The van der Waals surface area contributed by atoms with E-state index in [0.29, 0.717) is 27.7 Å². The number of hydrogen-bond acceptors (Lipinski definition) is 3. The summed E-state index contributed by atoms with van der Waals surface area (Å²) in [6, 6.07) is 15.6. The second-order valence-corrected chi connectivity index (χ2v) is 9.90. The molecule has 2 atom stereocenters. The first-order chi connectivity index (χ1) is 17.2. The summed E-state index contributed by atoms with van der Waals surface area (Å²) in [6.45, 7) is 5.76. The van der Waals surface area contributed by atoms with E-state index in [4.69, 9.17) is 23.2 Å². The summed E-state index contributed by atoms with van der Waals surface area (Å²) < 4.78 is 0. The van der Waals surface area contributed by atoms with Crippen molar-refractivity contribution in [3.05, 3.63) is 75.8 Å². The lowest BCUT2D eigenvalue weighted by atomic mass is 10.1. The molecule has 188 valence electrons. The largest absolute Gasteiger partial charge is 0.352 e. The van der Waals surface area contributed by atoms with Gasteiger partial charge in [-0.1, -0.05) is 67.4 Å². The molecule has 0 aromatic heterocycles. The predicted molar refractivity (Wildman–Crippen MR) is 145 cm³/mol. The highest BCUT2D eigenvalue weighted by Crippen LogP contribution is 2.37. The van der Waals surface area contributed by atoms with Crippen LogP contribution in [0.25, 0.3) is 10.8 Å². The zero-order valence-corrected chi connectivity index (χ0v) is 22.1. The second-order valence-electron chi connectivity index (χ2n) is 9.08. The fourth-order valence-electron chi connectivity index (χ4n) is 4.56. The van der Waals surface area contributed by atoms with Gasteiger partial charge in [-0.2, -0.15) is 0 Å². The van der Waals surface area contributed by atoms with Gasteiger partial charge in [0.05, 0.1) is 15.7 Å². The molecule has 36 heavy (non-hydrogen) atoms. The molecule has 0 saturated heterocycles. The molecule has 0 radical (unpaired) electrons. The number of anilines is 1. The Kier molecular flexibility index (Phi) is 7.86. The molecule has 1 heterocycles. The average molecular weight is 526 g/mol. The van der Waals surface area contributed by atoms with E-state index >= 15 is 0 Å². The first-order valence-corrected chi connectivity index (χ1v) is 12.9. The molecule has 0 saturated carbocycles. The van der Waals surface area contributed by atoms with Crippen molar-refractivity contribution in [1.29, 1.82) is 0 Å². The number of rotatable bonds is 9. The Morgan fingerprint density at radius 2 is 1.72 bits per heavy atom. The smallest absolute Gasteiger partial charge is 0.259 e. The Morgan fingerprint density at radius 3 is 2.39 bits per heavy atom. The van der Waals surface area contributed by atoms with Gasteiger partial charge in [0.2, 0.25) is 11.8 Å². The van der Waals surface area contributed by atoms with Crippen LogP contribution < -0.4 is 10.2 Å². The van der Waals surface area contributed by atoms with Gasteiger partial charge in [0, 0.05) is 23.5 Å². The molecule has 0 bridgehead atoms. The molecular weight excluding hydrogens is 497 g/mol. The Morgan fingerprint density at radius 1 is 1.00 bits per heavy atom. The highest BCUT2D eigenvalue weighted by Gasteiger charge is 2.35. The minimum Gasteiger partial charge on any atom is -0.352 e. The standard InChI is InChI=1S/C28H29Cl2N3O3/c1-4-17(3)31-27(35)23(5-2)32(15-18-12-13-21(29)22(30)14-18)25(34)16-33-24-11-7-9-19-8-6-10-20(26(19)24)28(33)36/h6-14,17,23H,4-5,15-16H2,1-3H3,(H,31,35)/t17-,23+/m1/s1. The number of benzene rings is 3. The normalized spacial score (nSPS) is 14.1. The van der Waals surface area contributed by atoms with Gasteiger partial charge in [0.15, 0.2) is 0 Å². The van der Waals surface area contributed by atoms with Gasteiger partial charge in [-0.05, 0) is 55.0 Å². The van der Waals surface area contributed by atoms with Crippen LogP contribution in [0, 0.1) is 0 Å². The summed E-state index contributed by atoms with van der Waals surface area (Å²) in [4.78, 5) is 43.3. The van der Waals surface area contributed by atoms with Gasteiger partial charge >= 0.3 is 0 Å². The van der Waals surface area contributed by atoms with Crippen LogP contribution in [-0.2, 0) is 16.1 Å². The van der Waals surface area contributed by atoms with Crippen LogP contribution in [0.5, 0.6) is 0 Å². The van der Waals surface area contributed by atoms with Crippen molar-refractivity contribution < 1.29 is 14.4 Å². The lowest BCUT2D eigenvalue weighted by Gasteiger charge is -2.33. The Labute approximate surface area is 221 Å². The van der Waals surface area contributed by atoms with Crippen molar-refractivity contribution in [2.24, 2.45) is 0 Å². The molecule has 0 unspecified atom stereocenters. The predicted octanol–water partition coefficient (Wildman–Crippen LogP) is 5.83. The molecule has 0 aliphatic carbocycles. The molecule has 1 aliphatic heterocycles. The van der Waals surface area contributed by atoms with Crippen molar-refractivity contribution in [2.75, 3.05) is 11.4 Å². The topological polar surface area (TPSA) is 69.7 Å². The highest BCUT2D eigenvalue weighted by molar-refractivity contribution is 6.42. The third-order valence-electron chi connectivity index (χ3n) is 6.67. The molecule has 1 aliphatic rings. The zero-order valence-electron chi connectivity index (χ0n) is 20.6. The molecule has 4 rings (SSSR count). The zero-order chi connectivity index (χ0) is 26.0. The second kappa shape index (κ2) is 10.9. The molecule has 0 spiro atoms. The van der Waals surface area contributed by atoms with Crippen LogP contribution in [0.1, 0.15) is 49.5 Å². The number of hydrogen-bond donors (Lipinski definition) is 1. The van der Waals surface area contributed by atoms with Gasteiger partial charge in [0.25, 0.3) is 5.91 Å². The molecule has 8 heteroatoms. The fourth-order valence-corrected chi connectivity index (χ4v) is 4.88. The molecule has 3 aromatic carbocycles. The number of carbonyl (C=O) groups excluding carboxylic acids is 3. The van der Waals surface area contributed by atoms with Crippen LogP contribution in [0.3, 0.4) is 0 Å². The summed E-state index contributed by atoms with van der Waals surface area (Å²) in [5.74, 6) is -0.773. The quantitative estimate of drug-likeness (QED) is 0.382. The third kappa shape index (κ3) is 5.06. The van der Waals surface area contributed by atoms with Crippen molar-refractivity contribution in [1.82, 2.24) is 10.2 Å². The van der Waals surface area contributed by atoms with Crippen molar-refractivity contribution in [3.8, 4) is 0 Å². The average Bonchev–Trinajstić information content (AvgIpc) is 3.13. The molecule has 0 fully saturated rings. The number of carbonyl (C=O) groups is 3. The summed E-state index contributed by atoms with van der Waals surface area (Å²) in [7, 11) is 0. The van der Waals surface area contributed by atoms with E-state index in [1.807, 2.05) is 51.1 Å². The number of nitrogens with zero attached hydrogens (tertiary/aromatic N) is 2. The molecule has 6 nitrogen and oxygen atoms in total. The van der Waals surface area contributed by atoms with Gasteiger partial charge in [-0.3, -0.25) is 19.3 Å². The minimum absolute atomic E-state index is 0.0271. The Bertz CT molecular complexity index is 1320. The first-order valence-electron chi connectivity index (χ1n) is 12.1. The lowest BCUT2D eigenvalue weighted by Crippen LogP contribution is -2.53. The maximum absolute atomic E-state index is 13.8. The monoisotopic (exact) mass is 525 g/mol. The van der Waals surface area contributed by atoms with Crippen LogP contribution in [0.15, 0.2) is 54.6 Å². The van der Waals surface area contributed by atoms with E-state index in [2.05, 4.69) is 5.32 Å². The SMILES string of the molecule is CC[C@@H](C)NC(=O)[C@H](CC)N(Cc1ccc(Cl)c(Cl)c1)C(=O)CN1C(=O)c2cccc3cccc1c23. The minimum atomic E-state index is -0.711. The van der Waals surface area contributed by atoms with Crippen LogP contribution in [0.2, 0.25) is 10.0 Å². The van der Waals surface area contributed by atoms with E-state index in [1.54, 1.807) is 24.3 Å². The third-order valence-corrected chi connectivity index (χ3v) is 7.41. The molecule has 3 aromatic rings. The van der Waals surface area contributed by atoms with Gasteiger partial charge in [0.1, 0.15) is 12.6 Å². The molecular formula is C28H29Cl2N3O3. The Balaban J connectivity index is 1.66. The lowest BCUT2D eigenvalue weighted by molar-refractivity contribution is -0.140. The van der Waals surface area contributed by atoms with Gasteiger partial charge in [-0.25, -0.2) is 0 Å². The summed E-state index contributed by atoms with van der Waals surface area (Å²) in [5, 5.41) is 5.56. The maximum Gasteiger partial charge on any atom is 0.259 e. The van der Waals surface area contributed by atoms with E-state index in [0.717, 1.165) is 22.8 Å². The summed E-state index contributed by atoms with van der Waals surface area (Å²) in [5.41, 5.74) is 2.02. The highest BCUT2D eigenvalue weighted by atomic mass is 35.5. The maximum atomic E-state index is 13.8. The van der Waals surface area contributed by atoms with Crippen molar-refractivity contribution in [2.45, 2.75) is 52.2 Å². The number of amides is 3. The molecule has 3 amide bonds. The van der Waals surface area contributed by atoms with Crippen molar-refractivity contribution >= 4 is 57.4 Å². The summed E-state index contributed by atoms with van der Waals surface area (Å²) >= 11 is 12.3. The van der Waals surface area contributed by atoms with E-state index in [-0.39, 0.29) is 36.9 Å². The number of halogens is 2. The van der Waals surface area contributed by atoms with Crippen LogP contribution in [-0.4, -0.2) is 41.2 Å². The van der Waals surface area contributed by atoms with Crippen molar-refractivity contribution in [3.63, 3.8) is 0 Å². The Hall–Kier alpha value is -3.09. The van der Waals surface area contributed by atoms with Gasteiger partial charge in [-0.15, -0.1) is 0 Å². The summed E-state index contributed by atoms with van der Waals surface area (Å²) in [6.07, 6.45) is 1.19. The van der Waals surface area contributed by atoms with Crippen LogP contribution in [0.4, 0.5) is 5.69 Å². The molecule has 1 N–H and O–H groups in total. The number of nitrogens with one attached hydrogen (secondary N) is 1. The van der Waals surface area contributed by atoms with E-state index in [1.165, 1.54) is 9.80 Å². The first kappa shape index (κ1) is 26.0. The van der Waals surface area contributed by atoms with Crippen LogP contribution >= 0.6 is 23.2 Å². The van der Waals surface area contributed by atoms with E-state index < -0.39 is 6.04 Å². The fraction of sp³-hybridized carbons (Fsp3) is 0.321. The van der Waals surface area contributed by atoms with Gasteiger partial charge < -0.3 is 10.2 Å².